The number of halogens is 1. The molecule has 0 bridgehead atoms. The summed E-state index contributed by atoms with van der Waals surface area (Å²) in [4.78, 5) is 37.6. The zero-order valence-corrected chi connectivity index (χ0v) is 18.5. The van der Waals surface area contributed by atoms with Crippen LogP contribution in [-0.2, 0) is 20.8 Å². The third kappa shape index (κ3) is 9.41. The van der Waals surface area contributed by atoms with Gasteiger partial charge in [0.1, 0.15) is 6.04 Å². The molecule has 0 unspecified atom stereocenters. The van der Waals surface area contributed by atoms with Crippen molar-refractivity contribution in [3.05, 3.63) is 35.9 Å². The molecule has 0 aliphatic heterocycles. The first-order chi connectivity index (χ1) is 13.6. The molecule has 7 heteroatoms. The van der Waals surface area contributed by atoms with Crippen LogP contribution in [0.5, 0.6) is 0 Å². The molecule has 0 saturated heterocycles. The van der Waals surface area contributed by atoms with Crippen molar-refractivity contribution < 1.29 is 14.4 Å². The van der Waals surface area contributed by atoms with Crippen LogP contribution in [0, 0.1) is 11.8 Å². The first kappa shape index (κ1) is 25.1. The van der Waals surface area contributed by atoms with Gasteiger partial charge in [0.25, 0.3) is 0 Å². The number of carbonyl (C=O) groups is 3. The van der Waals surface area contributed by atoms with Crippen LogP contribution < -0.4 is 16.4 Å². The Morgan fingerprint density at radius 2 is 1.45 bits per heavy atom. The van der Waals surface area contributed by atoms with Gasteiger partial charge in [0, 0.05) is 0 Å². The molecule has 0 radical (unpaired) electrons. The highest BCUT2D eigenvalue weighted by Gasteiger charge is 2.28. The number of ketones is 1. The molecule has 1 aromatic carbocycles. The van der Waals surface area contributed by atoms with Crippen LogP contribution in [-0.4, -0.2) is 41.6 Å². The second-order valence-corrected chi connectivity index (χ2v) is 8.54. The minimum atomic E-state index is -0.762. The largest absolute Gasteiger partial charge is 0.344 e. The number of hydrogen-bond acceptors (Lipinski definition) is 4. The van der Waals surface area contributed by atoms with Crippen molar-refractivity contribution in [3.63, 3.8) is 0 Å². The van der Waals surface area contributed by atoms with E-state index in [4.69, 9.17) is 17.3 Å². The predicted molar refractivity (Wildman–Crippen MR) is 117 cm³/mol. The molecule has 1 rings (SSSR count). The topological polar surface area (TPSA) is 101 Å². The van der Waals surface area contributed by atoms with Crippen molar-refractivity contribution in [2.75, 3.05) is 5.88 Å². The minimum absolute atomic E-state index is 0.170. The van der Waals surface area contributed by atoms with E-state index < -0.39 is 24.0 Å². The summed E-state index contributed by atoms with van der Waals surface area (Å²) in [5, 5.41) is 5.54. The van der Waals surface area contributed by atoms with E-state index in [0.717, 1.165) is 5.56 Å². The molecule has 1 aromatic rings. The molecule has 0 heterocycles. The van der Waals surface area contributed by atoms with Crippen LogP contribution in [0.15, 0.2) is 30.3 Å². The van der Waals surface area contributed by atoms with Crippen LogP contribution in [0.4, 0.5) is 0 Å². The van der Waals surface area contributed by atoms with Crippen LogP contribution in [0.1, 0.15) is 46.1 Å². The highest BCUT2D eigenvalue weighted by molar-refractivity contribution is 6.28. The summed E-state index contributed by atoms with van der Waals surface area (Å²) < 4.78 is 0. The summed E-state index contributed by atoms with van der Waals surface area (Å²) in [5.74, 6) is -0.785. The van der Waals surface area contributed by atoms with Gasteiger partial charge in [-0.15, -0.1) is 11.6 Å². The van der Waals surface area contributed by atoms with Gasteiger partial charge >= 0.3 is 0 Å². The normalized spacial score (nSPS) is 14.3. The Kier molecular flexibility index (Phi) is 10.9. The molecule has 4 N–H and O–H groups in total. The molecule has 0 aliphatic rings. The predicted octanol–water partition coefficient (Wildman–Crippen LogP) is 2.43. The second kappa shape index (κ2) is 12.6. The Balaban J connectivity index is 2.89. The standard InChI is InChI=1S/C22H34ClN3O3/c1-14(2)10-17(24)21(28)26-19(11-15(3)4)22(29)25-18(20(27)13-23)12-16-8-6-5-7-9-16/h5-9,14-15,17-19H,10-13,24H2,1-4H3,(H,25,29)(H,26,28)/t17-,18-,19-/m1/s1. The number of carbonyl (C=O) groups excluding carboxylic acids is 3. The van der Waals surface area contributed by atoms with Gasteiger partial charge in [-0.3, -0.25) is 14.4 Å². The third-order valence-electron chi connectivity index (χ3n) is 4.52. The van der Waals surface area contributed by atoms with E-state index in [-0.39, 0.29) is 29.4 Å². The quantitative estimate of drug-likeness (QED) is 0.449. The molecular formula is C22H34ClN3O3. The van der Waals surface area contributed by atoms with Crippen molar-refractivity contribution in [3.8, 4) is 0 Å². The number of amides is 2. The van der Waals surface area contributed by atoms with Gasteiger partial charge in [0.2, 0.25) is 11.8 Å². The first-order valence-corrected chi connectivity index (χ1v) is 10.7. The Labute approximate surface area is 178 Å². The summed E-state index contributed by atoms with van der Waals surface area (Å²) in [6.07, 6.45) is 1.32. The van der Waals surface area contributed by atoms with E-state index in [1.807, 2.05) is 58.0 Å². The molecule has 3 atom stereocenters. The lowest BCUT2D eigenvalue weighted by Gasteiger charge is -2.25. The highest BCUT2D eigenvalue weighted by atomic mass is 35.5. The lowest BCUT2D eigenvalue weighted by Crippen LogP contribution is -2.55. The van der Waals surface area contributed by atoms with Crippen molar-refractivity contribution in [1.82, 2.24) is 10.6 Å². The lowest BCUT2D eigenvalue weighted by atomic mass is 9.99. The Morgan fingerprint density at radius 1 is 0.897 bits per heavy atom. The molecular weight excluding hydrogens is 390 g/mol. The van der Waals surface area contributed by atoms with Gasteiger partial charge in [-0.05, 0) is 36.7 Å². The van der Waals surface area contributed by atoms with Gasteiger partial charge < -0.3 is 16.4 Å². The van der Waals surface area contributed by atoms with E-state index in [2.05, 4.69) is 10.6 Å². The number of Topliss-reactive ketones (excluding diaryl/α,β-unsaturated/α-hetero) is 1. The summed E-state index contributed by atoms with van der Waals surface area (Å²) in [6.45, 7) is 7.90. The molecule has 162 valence electrons. The Morgan fingerprint density at radius 3 is 1.97 bits per heavy atom. The number of rotatable bonds is 12. The molecule has 0 saturated carbocycles. The van der Waals surface area contributed by atoms with E-state index in [0.29, 0.717) is 19.3 Å². The van der Waals surface area contributed by atoms with Gasteiger partial charge in [-0.1, -0.05) is 58.0 Å². The molecule has 0 fully saturated rings. The van der Waals surface area contributed by atoms with E-state index in [9.17, 15) is 14.4 Å². The summed E-state index contributed by atoms with van der Waals surface area (Å²) in [7, 11) is 0. The van der Waals surface area contributed by atoms with Crippen LogP contribution >= 0.6 is 11.6 Å². The number of nitrogens with two attached hydrogens (primary N) is 1. The molecule has 6 nitrogen and oxygen atoms in total. The monoisotopic (exact) mass is 423 g/mol. The minimum Gasteiger partial charge on any atom is -0.344 e. The first-order valence-electron chi connectivity index (χ1n) is 10.1. The van der Waals surface area contributed by atoms with Gasteiger partial charge in [-0.25, -0.2) is 0 Å². The molecule has 0 aromatic heterocycles. The molecule has 0 aliphatic carbocycles. The van der Waals surface area contributed by atoms with Crippen molar-refractivity contribution in [1.29, 1.82) is 0 Å². The maximum Gasteiger partial charge on any atom is 0.243 e. The SMILES string of the molecule is CC(C)C[C@@H](N)C(=O)N[C@H](CC(C)C)C(=O)N[C@H](Cc1ccccc1)C(=O)CCl. The van der Waals surface area contributed by atoms with Crippen LogP contribution in [0.25, 0.3) is 0 Å². The Hall–Kier alpha value is -1.92. The van der Waals surface area contributed by atoms with Gasteiger partial charge in [-0.2, -0.15) is 0 Å². The van der Waals surface area contributed by atoms with Crippen LogP contribution in [0.2, 0.25) is 0 Å². The summed E-state index contributed by atoms with van der Waals surface area (Å²) in [5.41, 5.74) is 6.87. The van der Waals surface area contributed by atoms with Crippen molar-refractivity contribution in [2.45, 2.75) is 65.1 Å². The second-order valence-electron chi connectivity index (χ2n) is 8.28. The number of alkyl halides is 1. The van der Waals surface area contributed by atoms with E-state index >= 15 is 0 Å². The maximum atomic E-state index is 12.9. The lowest BCUT2D eigenvalue weighted by molar-refractivity contribution is -0.132. The third-order valence-corrected chi connectivity index (χ3v) is 4.79. The van der Waals surface area contributed by atoms with Gasteiger partial charge in [0.05, 0.1) is 18.0 Å². The number of hydrogen-bond donors (Lipinski definition) is 3. The molecule has 0 spiro atoms. The van der Waals surface area contributed by atoms with E-state index in [1.165, 1.54) is 0 Å². The maximum absolute atomic E-state index is 12.9. The highest BCUT2D eigenvalue weighted by Crippen LogP contribution is 2.10. The van der Waals surface area contributed by atoms with Crippen molar-refractivity contribution in [2.24, 2.45) is 17.6 Å². The summed E-state index contributed by atoms with van der Waals surface area (Å²) in [6, 6.07) is 7.21. The van der Waals surface area contributed by atoms with Crippen molar-refractivity contribution >= 4 is 29.2 Å². The average molecular weight is 424 g/mol. The fourth-order valence-corrected chi connectivity index (χ4v) is 3.24. The molecule has 2 amide bonds. The Bertz CT molecular complexity index is 665. The fraction of sp³-hybridized carbons (Fsp3) is 0.591. The van der Waals surface area contributed by atoms with Crippen LogP contribution in [0.3, 0.4) is 0 Å². The fourth-order valence-electron chi connectivity index (χ4n) is 3.06. The number of benzene rings is 1. The van der Waals surface area contributed by atoms with E-state index in [1.54, 1.807) is 0 Å². The average Bonchev–Trinajstić information content (AvgIpc) is 2.66. The molecule has 29 heavy (non-hydrogen) atoms. The van der Waals surface area contributed by atoms with Gasteiger partial charge in [0.15, 0.2) is 5.78 Å². The zero-order valence-electron chi connectivity index (χ0n) is 17.8. The summed E-state index contributed by atoms with van der Waals surface area (Å²) >= 11 is 5.75. The zero-order chi connectivity index (χ0) is 22.0. The smallest absolute Gasteiger partial charge is 0.243 e. The number of nitrogens with one attached hydrogen (secondary N) is 2.